The van der Waals surface area contributed by atoms with Crippen molar-refractivity contribution in [3.63, 3.8) is 0 Å². The third-order valence-electron chi connectivity index (χ3n) is 4.10. The number of benzene rings is 1. The van der Waals surface area contributed by atoms with Crippen molar-refractivity contribution in [1.29, 1.82) is 0 Å². The molecule has 0 aliphatic heterocycles. The highest BCUT2D eigenvalue weighted by Gasteiger charge is 2.12. The van der Waals surface area contributed by atoms with Crippen molar-refractivity contribution in [1.82, 2.24) is 15.3 Å². The molecule has 0 saturated carbocycles. The molecular formula is C19H18ClN3O. The molecule has 1 aromatic carbocycles. The number of carbonyl (C=O) groups is 1. The Balaban J connectivity index is 1.74. The third-order valence-corrected chi connectivity index (χ3v) is 4.32. The lowest BCUT2D eigenvalue weighted by molar-refractivity contribution is -0.120. The molecule has 5 heteroatoms. The summed E-state index contributed by atoms with van der Waals surface area (Å²) in [5.41, 5.74) is 4.87. The molecule has 1 N–H and O–H groups in total. The average Bonchev–Trinajstić information content (AvgIpc) is 2.58. The normalized spacial score (nSPS) is 10.8. The molecule has 4 nitrogen and oxygen atoms in total. The lowest BCUT2D eigenvalue weighted by Crippen LogP contribution is -2.25. The first-order valence-corrected chi connectivity index (χ1v) is 8.14. The number of halogens is 1. The van der Waals surface area contributed by atoms with Crippen molar-refractivity contribution in [2.45, 2.75) is 26.8 Å². The second kappa shape index (κ2) is 6.97. The van der Waals surface area contributed by atoms with E-state index in [1.54, 1.807) is 12.3 Å². The summed E-state index contributed by atoms with van der Waals surface area (Å²) in [7, 11) is 0. The lowest BCUT2D eigenvalue weighted by Gasteiger charge is -2.12. The van der Waals surface area contributed by atoms with Crippen LogP contribution in [0.1, 0.15) is 22.4 Å². The van der Waals surface area contributed by atoms with E-state index in [0.29, 0.717) is 18.1 Å². The third kappa shape index (κ3) is 3.54. The van der Waals surface area contributed by atoms with E-state index in [4.69, 9.17) is 11.6 Å². The van der Waals surface area contributed by atoms with Crippen LogP contribution in [-0.2, 0) is 17.8 Å². The molecule has 0 atom stereocenters. The molecule has 0 aliphatic carbocycles. The molecule has 24 heavy (non-hydrogen) atoms. The predicted molar refractivity (Wildman–Crippen MR) is 96.0 cm³/mol. The van der Waals surface area contributed by atoms with Crippen molar-refractivity contribution >= 4 is 28.4 Å². The van der Waals surface area contributed by atoms with E-state index >= 15 is 0 Å². The quantitative estimate of drug-likeness (QED) is 0.736. The van der Waals surface area contributed by atoms with Crippen LogP contribution >= 0.6 is 11.6 Å². The van der Waals surface area contributed by atoms with Crippen LogP contribution in [0.25, 0.3) is 10.9 Å². The number of hydrogen-bond donors (Lipinski definition) is 1. The largest absolute Gasteiger partial charge is 0.352 e. The molecule has 0 saturated heterocycles. The van der Waals surface area contributed by atoms with Gasteiger partial charge in [0, 0.05) is 23.8 Å². The van der Waals surface area contributed by atoms with E-state index in [2.05, 4.69) is 15.3 Å². The van der Waals surface area contributed by atoms with Gasteiger partial charge >= 0.3 is 0 Å². The highest BCUT2D eigenvalue weighted by Crippen LogP contribution is 2.22. The lowest BCUT2D eigenvalue weighted by atomic mass is 9.99. The summed E-state index contributed by atoms with van der Waals surface area (Å²) >= 11 is 5.76. The number of pyridine rings is 2. The smallest absolute Gasteiger partial charge is 0.224 e. The average molecular weight is 340 g/mol. The zero-order valence-corrected chi connectivity index (χ0v) is 14.4. The molecule has 1 amide bonds. The molecule has 3 aromatic rings. The van der Waals surface area contributed by atoms with Gasteiger partial charge < -0.3 is 5.32 Å². The number of rotatable bonds is 4. The van der Waals surface area contributed by atoms with Gasteiger partial charge in [-0.2, -0.15) is 0 Å². The van der Waals surface area contributed by atoms with Crippen molar-refractivity contribution in [3.8, 4) is 0 Å². The summed E-state index contributed by atoms with van der Waals surface area (Å²) in [6.07, 6.45) is 1.98. The molecule has 2 heterocycles. The molecule has 0 aliphatic rings. The van der Waals surface area contributed by atoms with Crippen LogP contribution in [0.4, 0.5) is 0 Å². The Morgan fingerprint density at radius 2 is 1.96 bits per heavy atom. The van der Waals surface area contributed by atoms with E-state index < -0.39 is 0 Å². The minimum atomic E-state index is -0.0340. The fraction of sp³-hybridized carbons (Fsp3) is 0.211. The van der Waals surface area contributed by atoms with Gasteiger partial charge in [0.15, 0.2) is 0 Å². The topological polar surface area (TPSA) is 54.9 Å². The number of hydrogen-bond acceptors (Lipinski definition) is 3. The van der Waals surface area contributed by atoms with Crippen LogP contribution in [0.3, 0.4) is 0 Å². The molecule has 2 aromatic heterocycles. The summed E-state index contributed by atoms with van der Waals surface area (Å²) in [4.78, 5) is 20.9. The van der Waals surface area contributed by atoms with Gasteiger partial charge in [0.05, 0.1) is 11.9 Å². The zero-order valence-electron chi connectivity index (χ0n) is 13.6. The summed E-state index contributed by atoms with van der Waals surface area (Å²) in [5.74, 6) is -0.0340. The van der Waals surface area contributed by atoms with Gasteiger partial charge in [-0.05, 0) is 42.7 Å². The van der Waals surface area contributed by atoms with Gasteiger partial charge in [-0.15, -0.1) is 0 Å². The molecular weight excluding hydrogens is 322 g/mol. The first-order chi connectivity index (χ1) is 11.5. The van der Waals surface area contributed by atoms with Gasteiger partial charge in [-0.25, -0.2) is 4.98 Å². The van der Waals surface area contributed by atoms with Crippen LogP contribution in [0.5, 0.6) is 0 Å². The maximum Gasteiger partial charge on any atom is 0.224 e. The summed E-state index contributed by atoms with van der Waals surface area (Å²) < 4.78 is 0. The Morgan fingerprint density at radius 3 is 2.71 bits per heavy atom. The first kappa shape index (κ1) is 16.4. The number of aromatic nitrogens is 2. The van der Waals surface area contributed by atoms with Gasteiger partial charge in [0.1, 0.15) is 5.15 Å². The SMILES string of the molecule is Cc1nc2ccccc2c(C)c1CC(=O)NCc1ccc(Cl)nc1. The van der Waals surface area contributed by atoms with E-state index in [-0.39, 0.29) is 5.91 Å². The zero-order chi connectivity index (χ0) is 17.1. The highest BCUT2D eigenvalue weighted by atomic mass is 35.5. The Bertz CT molecular complexity index is 891. The number of fused-ring (bicyclic) bond motifs is 1. The van der Waals surface area contributed by atoms with E-state index in [1.165, 1.54) is 0 Å². The second-order valence-corrected chi connectivity index (χ2v) is 6.15. The van der Waals surface area contributed by atoms with E-state index in [9.17, 15) is 4.79 Å². The number of carbonyl (C=O) groups excluding carboxylic acids is 1. The molecule has 0 spiro atoms. The molecule has 3 rings (SSSR count). The summed E-state index contributed by atoms with van der Waals surface area (Å²) in [6.45, 7) is 4.43. The van der Waals surface area contributed by atoms with E-state index in [1.807, 2.05) is 44.2 Å². The molecule has 0 unspecified atom stereocenters. The van der Waals surface area contributed by atoms with Crippen LogP contribution in [0.15, 0.2) is 42.6 Å². The predicted octanol–water partition coefficient (Wildman–Crippen LogP) is 3.76. The fourth-order valence-corrected chi connectivity index (χ4v) is 2.88. The number of nitrogens with zero attached hydrogens (tertiary/aromatic N) is 2. The van der Waals surface area contributed by atoms with Crippen LogP contribution < -0.4 is 5.32 Å². The Labute approximate surface area is 145 Å². The number of amides is 1. The minimum absolute atomic E-state index is 0.0340. The maximum absolute atomic E-state index is 12.3. The minimum Gasteiger partial charge on any atom is -0.352 e. The number of para-hydroxylation sites is 1. The van der Waals surface area contributed by atoms with Crippen molar-refractivity contribution in [2.75, 3.05) is 0 Å². The Morgan fingerprint density at radius 1 is 1.17 bits per heavy atom. The molecule has 0 radical (unpaired) electrons. The maximum atomic E-state index is 12.3. The van der Waals surface area contributed by atoms with Crippen molar-refractivity contribution in [2.24, 2.45) is 0 Å². The summed E-state index contributed by atoms with van der Waals surface area (Å²) in [5, 5.41) is 4.45. The molecule has 0 fully saturated rings. The number of nitrogens with one attached hydrogen (secondary N) is 1. The van der Waals surface area contributed by atoms with Gasteiger partial charge in [0.25, 0.3) is 0 Å². The number of aryl methyl sites for hydroxylation is 2. The second-order valence-electron chi connectivity index (χ2n) is 5.76. The van der Waals surface area contributed by atoms with Crippen LogP contribution in [-0.4, -0.2) is 15.9 Å². The highest BCUT2D eigenvalue weighted by molar-refractivity contribution is 6.29. The fourth-order valence-electron chi connectivity index (χ4n) is 2.77. The van der Waals surface area contributed by atoms with Crippen LogP contribution in [0.2, 0.25) is 5.15 Å². The Kier molecular flexibility index (Phi) is 4.76. The van der Waals surface area contributed by atoms with Gasteiger partial charge in [-0.3, -0.25) is 9.78 Å². The monoisotopic (exact) mass is 339 g/mol. The molecule has 0 bridgehead atoms. The molecule has 122 valence electrons. The standard InChI is InChI=1S/C19H18ClN3O/c1-12-15-5-3-4-6-17(15)23-13(2)16(12)9-19(24)22-11-14-7-8-18(20)21-10-14/h3-8,10H,9,11H2,1-2H3,(H,22,24). The summed E-state index contributed by atoms with van der Waals surface area (Å²) in [6, 6.07) is 11.6. The van der Waals surface area contributed by atoms with Gasteiger partial charge in [0.2, 0.25) is 5.91 Å². The Hall–Kier alpha value is -2.46. The van der Waals surface area contributed by atoms with E-state index in [0.717, 1.165) is 33.3 Å². The van der Waals surface area contributed by atoms with Gasteiger partial charge in [-0.1, -0.05) is 35.9 Å². The van der Waals surface area contributed by atoms with Crippen LogP contribution in [0, 0.1) is 13.8 Å². The first-order valence-electron chi connectivity index (χ1n) is 7.76. The van der Waals surface area contributed by atoms with Crippen molar-refractivity contribution in [3.05, 3.63) is 70.1 Å². The van der Waals surface area contributed by atoms with Crippen molar-refractivity contribution < 1.29 is 4.79 Å².